The van der Waals surface area contributed by atoms with Crippen molar-refractivity contribution in [3.8, 4) is 0 Å². The minimum Gasteiger partial charge on any atom is -0.392 e. The van der Waals surface area contributed by atoms with Gasteiger partial charge in [-0.2, -0.15) is 0 Å². The first kappa shape index (κ1) is 37.2. The van der Waals surface area contributed by atoms with Crippen molar-refractivity contribution in [1.82, 2.24) is 15.0 Å². The van der Waals surface area contributed by atoms with Crippen molar-refractivity contribution in [2.24, 2.45) is 0 Å². The average molecular weight is 676 g/mol. The first-order valence-electron chi connectivity index (χ1n) is 11.7. The van der Waals surface area contributed by atoms with Gasteiger partial charge in [-0.3, -0.25) is 0 Å². The number of hydrogen-bond acceptors (Lipinski definition) is 10. The van der Waals surface area contributed by atoms with E-state index in [9.17, 15) is 0 Å². The number of pyridine rings is 3. The second-order valence-electron chi connectivity index (χ2n) is 7.46. The molecule has 0 bridgehead atoms. The topological polar surface area (TPSA) is 79.1 Å². The number of rotatable bonds is 8. The summed E-state index contributed by atoms with van der Waals surface area (Å²) < 4.78 is 0. The smallest absolute Gasteiger partial charge is 0.107 e. The van der Waals surface area contributed by atoms with Crippen molar-refractivity contribution in [3.05, 3.63) is 140 Å². The Hall–Kier alpha value is -1.86. The predicted molar refractivity (Wildman–Crippen MR) is 175 cm³/mol. The number of benzene rings is 2. The van der Waals surface area contributed by atoms with E-state index in [1.54, 1.807) is 61.8 Å². The Kier molecular flexibility index (Phi) is 20.6. The first-order chi connectivity index (χ1) is 19.2. The van der Waals surface area contributed by atoms with E-state index in [-0.39, 0.29) is 39.2 Å². The number of thiol groups is 1. The summed E-state index contributed by atoms with van der Waals surface area (Å²) in [5.41, 5.74) is 1.86. The van der Waals surface area contributed by atoms with Crippen LogP contribution < -0.4 is 0 Å². The van der Waals surface area contributed by atoms with E-state index in [4.69, 9.17) is 10.2 Å². The van der Waals surface area contributed by atoms with E-state index in [1.807, 2.05) is 103 Å². The van der Waals surface area contributed by atoms with Crippen LogP contribution >= 0.6 is 55.8 Å². The van der Waals surface area contributed by atoms with E-state index >= 15 is 0 Å². The summed E-state index contributed by atoms with van der Waals surface area (Å²) in [7, 11) is 6.53. The van der Waals surface area contributed by atoms with Gasteiger partial charge >= 0.3 is 0 Å². The van der Waals surface area contributed by atoms with E-state index in [0.717, 1.165) is 36.0 Å². The molecule has 0 saturated heterocycles. The van der Waals surface area contributed by atoms with Crippen LogP contribution in [-0.4, -0.2) is 25.2 Å². The van der Waals surface area contributed by atoms with Crippen molar-refractivity contribution < 1.29 is 28.8 Å². The van der Waals surface area contributed by atoms with Gasteiger partial charge in [0.25, 0.3) is 0 Å². The third-order valence-electron chi connectivity index (χ3n) is 4.57. The van der Waals surface area contributed by atoms with Gasteiger partial charge in [-0.25, -0.2) is 15.0 Å². The Morgan fingerprint density at radius 3 is 1.22 bits per heavy atom. The van der Waals surface area contributed by atoms with Gasteiger partial charge in [0, 0.05) is 46.9 Å². The second kappa shape index (κ2) is 22.7. The van der Waals surface area contributed by atoms with Crippen LogP contribution in [0.2, 0.25) is 0 Å². The van der Waals surface area contributed by atoms with Crippen LogP contribution in [0.25, 0.3) is 0 Å². The maximum absolute atomic E-state index is 8.91. The van der Waals surface area contributed by atoms with Crippen LogP contribution in [0, 0.1) is 7.43 Å². The molecule has 213 valence electrons. The van der Waals surface area contributed by atoms with Gasteiger partial charge in [0.05, 0.1) is 13.2 Å². The molecule has 3 heterocycles. The van der Waals surface area contributed by atoms with Crippen molar-refractivity contribution in [1.29, 1.82) is 0 Å². The maximum Gasteiger partial charge on any atom is 0.107 e. The molecule has 0 aliphatic heterocycles. The molecule has 0 aliphatic carbocycles. The molecule has 0 unspecified atom stereocenters. The molecule has 5 nitrogen and oxygen atoms in total. The molecule has 0 amide bonds. The Labute approximate surface area is 275 Å². The van der Waals surface area contributed by atoms with Gasteiger partial charge in [-0.15, -0.1) is 12.6 Å². The maximum atomic E-state index is 8.91. The van der Waals surface area contributed by atoms with Gasteiger partial charge < -0.3 is 17.6 Å². The fourth-order valence-electron chi connectivity index (χ4n) is 2.62. The van der Waals surface area contributed by atoms with Crippen molar-refractivity contribution in [2.75, 3.05) is 0 Å². The summed E-state index contributed by atoms with van der Waals surface area (Å²) in [6.45, 7) is 0.201. The van der Waals surface area contributed by atoms with Crippen molar-refractivity contribution in [3.63, 3.8) is 0 Å². The van der Waals surface area contributed by atoms with Crippen LogP contribution in [0.3, 0.4) is 0 Å². The van der Waals surface area contributed by atoms with E-state index in [0.29, 0.717) is 0 Å². The minimum atomic E-state index is 0. The van der Waals surface area contributed by atoms with Crippen LogP contribution in [0.4, 0.5) is 0 Å². The zero-order chi connectivity index (χ0) is 27.5. The molecule has 1 radical (unpaired) electrons. The summed E-state index contributed by atoms with van der Waals surface area (Å²) >= 11 is 4.09. The summed E-state index contributed by atoms with van der Waals surface area (Å²) in [4.78, 5) is 14.7. The predicted octanol–water partition coefficient (Wildman–Crippen LogP) is 8.56. The zero-order valence-corrected chi connectivity index (χ0v) is 27.8. The molecule has 3 aromatic heterocycles. The molecule has 5 rings (SSSR count). The quantitative estimate of drug-likeness (QED) is 0.0852. The molecule has 2 N–H and O–H groups in total. The van der Waals surface area contributed by atoms with E-state index in [2.05, 4.69) is 27.6 Å². The molecule has 0 spiro atoms. The molecule has 0 aliphatic rings. The third-order valence-corrected chi connectivity index (χ3v) is 9.35. The summed E-state index contributed by atoms with van der Waals surface area (Å²) in [6, 6.07) is 32.9. The normalized spacial score (nSPS) is 9.54. The molecule has 0 atom stereocenters. The van der Waals surface area contributed by atoms with Gasteiger partial charge in [0.2, 0.25) is 0 Å². The van der Waals surface area contributed by atoms with Crippen LogP contribution in [0.15, 0.2) is 147 Å². The number of aliphatic hydroxyl groups is 2. The van der Waals surface area contributed by atoms with Gasteiger partial charge in [0.15, 0.2) is 0 Å². The summed E-state index contributed by atoms with van der Waals surface area (Å²) in [5, 5.41) is 20.5. The second-order valence-corrected chi connectivity index (χ2v) is 12.4. The zero-order valence-electron chi connectivity index (χ0n) is 22.2. The van der Waals surface area contributed by atoms with Crippen LogP contribution in [0.5, 0.6) is 0 Å². The largest absolute Gasteiger partial charge is 0.392 e. The summed E-state index contributed by atoms with van der Waals surface area (Å²) in [5.74, 6) is 0. The Balaban J connectivity index is 0.000000311. The van der Waals surface area contributed by atoms with E-state index < -0.39 is 0 Å². The summed E-state index contributed by atoms with van der Waals surface area (Å²) in [6.07, 6.45) is 5.38. The molecule has 2 aromatic carbocycles. The molecule has 0 saturated carbocycles. The Morgan fingerprint density at radius 2 is 0.878 bits per heavy atom. The number of aromatic nitrogens is 3. The molecular weight excluding hydrogens is 646 g/mol. The monoisotopic (exact) mass is 675 g/mol. The Morgan fingerprint density at radius 1 is 0.512 bits per heavy atom. The van der Waals surface area contributed by atoms with Crippen LogP contribution in [0.1, 0.15) is 11.1 Å². The van der Waals surface area contributed by atoms with Crippen molar-refractivity contribution in [2.45, 2.75) is 38.1 Å². The molecule has 0 fully saturated rings. The van der Waals surface area contributed by atoms with Gasteiger partial charge in [-0.1, -0.05) is 53.3 Å². The Bertz CT molecular complexity index is 1280. The van der Waals surface area contributed by atoms with Gasteiger partial charge in [-0.05, 0) is 104 Å². The molecule has 11 heteroatoms. The van der Waals surface area contributed by atoms with E-state index in [1.165, 1.54) is 0 Å². The fourth-order valence-corrected chi connectivity index (χ4v) is 6.36. The standard InChI is InChI=1S/C12H11NOS2.C10H8N2S2.C7H8OS.CH3.V/c14-9-10-4-6-11(7-5-10)15-16-12-3-1-2-8-13-12;1-3-7-11-9(5-1)13-14-10-6-2-4-8-12-10;8-5-6-1-3-7(9)4-2-6;;/h1-8,14H,9H2;1-8H;1-4,8-9H,5H2;1H3;/q;;;-1;. The van der Waals surface area contributed by atoms with Gasteiger partial charge in [0.1, 0.15) is 15.1 Å². The SMILES string of the molecule is OCc1ccc(S)cc1.OCc1ccc(SSc2ccccn2)cc1.[CH3-].[V].c1ccc(SSc2ccccn2)nc1. The number of aliphatic hydroxyl groups excluding tert-OH is 2. The minimum absolute atomic E-state index is 0. The first-order valence-corrected chi connectivity index (χ1v) is 16.4. The van der Waals surface area contributed by atoms with Crippen molar-refractivity contribution >= 4 is 55.8 Å². The fraction of sp³-hybridized carbons (Fsp3) is 0.0667. The average Bonchev–Trinajstić information content (AvgIpc) is 3.02. The number of hydrogen-bond donors (Lipinski definition) is 3. The van der Waals surface area contributed by atoms with Crippen LogP contribution in [-0.2, 0) is 31.8 Å². The molecule has 5 aromatic rings. The third kappa shape index (κ3) is 15.8. The molecule has 41 heavy (non-hydrogen) atoms. The number of nitrogens with zero attached hydrogens (tertiary/aromatic N) is 3. The molecular formula is C30H30N3O2S5V-.